The Balaban J connectivity index is 1.24. The van der Waals surface area contributed by atoms with Crippen molar-refractivity contribution in [1.82, 2.24) is 9.88 Å². The van der Waals surface area contributed by atoms with Gasteiger partial charge in [0.05, 0.1) is 17.0 Å². The first-order chi connectivity index (χ1) is 12.7. The summed E-state index contributed by atoms with van der Waals surface area (Å²) in [5, 5.41) is 9.03. The lowest BCUT2D eigenvalue weighted by atomic mass is 9.83. The highest BCUT2D eigenvalue weighted by atomic mass is 16.6. The molecule has 26 heavy (non-hydrogen) atoms. The van der Waals surface area contributed by atoms with Gasteiger partial charge in [-0.25, -0.2) is 4.98 Å². The maximum Gasteiger partial charge on any atom is 0.312 e. The molecule has 3 heterocycles. The van der Waals surface area contributed by atoms with Crippen molar-refractivity contribution < 1.29 is 9.53 Å². The van der Waals surface area contributed by atoms with Crippen molar-refractivity contribution in [2.75, 3.05) is 37.6 Å². The van der Waals surface area contributed by atoms with E-state index in [-0.39, 0.29) is 17.5 Å². The lowest BCUT2D eigenvalue weighted by Gasteiger charge is -2.35. The van der Waals surface area contributed by atoms with Crippen molar-refractivity contribution in [1.29, 1.82) is 5.26 Å². The number of anilines is 1. The van der Waals surface area contributed by atoms with E-state index in [0.29, 0.717) is 5.56 Å². The van der Waals surface area contributed by atoms with Crippen molar-refractivity contribution in [2.24, 2.45) is 5.41 Å². The van der Waals surface area contributed by atoms with Gasteiger partial charge in [0.1, 0.15) is 11.9 Å². The second kappa shape index (κ2) is 7.24. The number of pyridine rings is 1. The van der Waals surface area contributed by atoms with E-state index in [0.717, 1.165) is 64.2 Å². The summed E-state index contributed by atoms with van der Waals surface area (Å²) < 4.78 is 5.69. The Morgan fingerprint density at radius 3 is 2.77 bits per heavy atom. The van der Waals surface area contributed by atoms with Crippen molar-refractivity contribution >= 4 is 11.8 Å². The van der Waals surface area contributed by atoms with E-state index in [2.05, 4.69) is 20.9 Å². The van der Waals surface area contributed by atoms with Crippen LogP contribution in [0.25, 0.3) is 0 Å². The second-order valence-electron chi connectivity index (χ2n) is 7.85. The zero-order valence-corrected chi connectivity index (χ0v) is 15.2. The molecule has 0 amide bonds. The quantitative estimate of drug-likeness (QED) is 0.773. The summed E-state index contributed by atoms with van der Waals surface area (Å²) in [6, 6.07) is 5.76. The molecule has 1 spiro atoms. The molecule has 0 bridgehead atoms. The second-order valence-corrected chi connectivity index (χ2v) is 7.85. The number of nitriles is 1. The van der Waals surface area contributed by atoms with Crippen LogP contribution in [0.1, 0.15) is 44.1 Å². The Labute approximate surface area is 154 Å². The van der Waals surface area contributed by atoms with E-state index in [1.165, 1.54) is 12.8 Å². The Morgan fingerprint density at radius 2 is 2.04 bits per heavy atom. The van der Waals surface area contributed by atoms with Crippen LogP contribution < -0.4 is 4.90 Å². The van der Waals surface area contributed by atoms with Gasteiger partial charge in [0.25, 0.3) is 0 Å². The van der Waals surface area contributed by atoms with E-state index >= 15 is 0 Å². The highest BCUT2D eigenvalue weighted by molar-refractivity contribution is 5.79. The van der Waals surface area contributed by atoms with Crippen LogP contribution in [0.15, 0.2) is 18.3 Å². The van der Waals surface area contributed by atoms with Gasteiger partial charge in [-0.3, -0.25) is 9.69 Å². The minimum Gasteiger partial charge on any atom is -0.462 e. The minimum atomic E-state index is -0.138. The number of hydrogen-bond acceptors (Lipinski definition) is 6. The molecule has 1 aromatic rings. The Morgan fingerprint density at radius 1 is 1.27 bits per heavy atom. The molecule has 0 N–H and O–H groups in total. The monoisotopic (exact) mass is 354 g/mol. The van der Waals surface area contributed by atoms with E-state index in [1.54, 1.807) is 12.3 Å². The van der Waals surface area contributed by atoms with E-state index in [1.807, 2.05) is 6.07 Å². The summed E-state index contributed by atoms with van der Waals surface area (Å²) >= 11 is 0. The number of piperazine rings is 1. The highest BCUT2D eigenvalue weighted by Gasteiger charge is 2.50. The number of rotatable bonds is 4. The molecule has 4 rings (SSSR count). The number of hydrogen-bond donors (Lipinski definition) is 0. The lowest BCUT2D eigenvalue weighted by Crippen LogP contribution is -2.47. The lowest BCUT2D eigenvalue weighted by molar-refractivity contribution is -0.148. The Hall–Kier alpha value is -2.13. The summed E-state index contributed by atoms with van der Waals surface area (Å²) in [4.78, 5) is 21.3. The third-order valence-electron chi connectivity index (χ3n) is 6.22. The average molecular weight is 354 g/mol. The predicted octanol–water partition coefficient (Wildman–Crippen LogP) is 2.34. The molecule has 0 aromatic carbocycles. The summed E-state index contributed by atoms with van der Waals surface area (Å²) in [5.41, 5.74) is 0.516. The number of cyclic esters (lactones) is 1. The number of nitrogens with zero attached hydrogens (tertiary/aromatic N) is 4. The number of carbonyl (C=O) groups excluding carboxylic acids is 1. The van der Waals surface area contributed by atoms with Gasteiger partial charge in [-0.15, -0.1) is 0 Å². The maximum atomic E-state index is 12.2. The first kappa shape index (κ1) is 17.3. The highest BCUT2D eigenvalue weighted by Crippen LogP contribution is 2.48. The number of ether oxygens (including phenoxy) is 1. The molecular weight excluding hydrogens is 328 g/mol. The van der Waals surface area contributed by atoms with Crippen molar-refractivity contribution in [3.8, 4) is 6.07 Å². The normalized spacial score (nSPS) is 25.4. The molecule has 2 saturated heterocycles. The Kier molecular flexibility index (Phi) is 4.82. The molecule has 1 atom stereocenters. The number of esters is 1. The third-order valence-corrected chi connectivity index (χ3v) is 6.22. The van der Waals surface area contributed by atoms with Gasteiger partial charge >= 0.3 is 5.97 Å². The van der Waals surface area contributed by atoms with Gasteiger partial charge < -0.3 is 9.64 Å². The van der Waals surface area contributed by atoms with Crippen LogP contribution in [0.5, 0.6) is 0 Å². The van der Waals surface area contributed by atoms with Crippen LogP contribution in [0.2, 0.25) is 0 Å². The van der Waals surface area contributed by atoms with Crippen LogP contribution in [-0.2, 0) is 9.53 Å². The third kappa shape index (κ3) is 3.41. The fourth-order valence-electron chi connectivity index (χ4n) is 4.65. The van der Waals surface area contributed by atoms with Crippen LogP contribution >= 0.6 is 0 Å². The first-order valence-electron chi connectivity index (χ1n) is 9.73. The van der Waals surface area contributed by atoms with Gasteiger partial charge in [0.15, 0.2) is 0 Å². The zero-order valence-electron chi connectivity index (χ0n) is 15.2. The molecule has 0 radical (unpaired) electrons. The van der Waals surface area contributed by atoms with E-state index < -0.39 is 0 Å². The molecule has 1 aliphatic carbocycles. The summed E-state index contributed by atoms with van der Waals surface area (Å²) in [5.74, 6) is 0.949. The SMILES string of the molecule is N#Cc1ccnc(N2CCN(CC[C@@H]3CC4(CCCC4)C(=O)O3)CC2)c1. The minimum absolute atomic E-state index is 0.0632. The molecule has 3 fully saturated rings. The average Bonchev–Trinajstić information content (AvgIpc) is 3.28. The first-order valence-corrected chi connectivity index (χ1v) is 9.73. The standard InChI is InChI=1S/C20H26N4O2/c21-15-16-3-7-22-18(13-16)24-11-9-23(10-12-24)8-4-17-14-20(19(25)26-17)5-1-2-6-20/h3,7,13,17H,1-2,4-6,8-12,14H2/t17-/m1/s1. The van der Waals surface area contributed by atoms with Gasteiger partial charge in [0, 0.05) is 45.3 Å². The number of aromatic nitrogens is 1. The molecular formula is C20H26N4O2. The van der Waals surface area contributed by atoms with Crippen molar-refractivity contribution in [2.45, 2.75) is 44.6 Å². The largest absolute Gasteiger partial charge is 0.462 e. The molecule has 138 valence electrons. The molecule has 1 aromatic heterocycles. The van der Waals surface area contributed by atoms with Crippen LogP contribution in [0, 0.1) is 16.7 Å². The summed E-state index contributed by atoms with van der Waals surface area (Å²) in [7, 11) is 0. The van der Waals surface area contributed by atoms with Crippen LogP contribution in [-0.4, -0.2) is 54.7 Å². The summed E-state index contributed by atoms with van der Waals surface area (Å²) in [6.45, 7) is 4.76. The smallest absolute Gasteiger partial charge is 0.312 e. The number of carbonyl (C=O) groups is 1. The summed E-state index contributed by atoms with van der Waals surface area (Å²) in [6.07, 6.45) is 8.06. The zero-order chi connectivity index (χ0) is 18.0. The van der Waals surface area contributed by atoms with E-state index in [4.69, 9.17) is 10.00 Å². The molecule has 6 heteroatoms. The van der Waals surface area contributed by atoms with Crippen molar-refractivity contribution in [3.05, 3.63) is 23.9 Å². The Bertz CT molecular complexity index is 700. The van der Waals surface area contributed by atoms with Gasteiger partial charge in [-0.2, -0.15) is 5.26 Å². The van der Waals surface area contributed by atoms with Gasteiger partial charge in [-0.05, 0) is 31.4 Å². The van der Waals surface area contributed by atoms with Crippen LogP contribution in [0.4, 0.5) is 5.82 Å². The van der Waals surface area contributed by atoms with Crippen molar-refractivity contribution in [3.63, 3.8) is 0 Å². The molecule has 0 unspecified atom stereocenters. The maximum absolute atomic E-state index is 12.2. The molecule has 3 aliphatic rings. The predicted molar refractivity (Wildman–Crippen MR) is 97.6 cm³/mol. The topological polar surface area (TPSA) is 69.5 Å². The molecule has 1 saturated carbocycles. The molecule has 6 nitrogen and oxygen atoms in total. The fourth-order valence-corrected chi connectivity index (χ4v) is 4.65. The van der Waals surface area contributed by atoms with Crippen LogP contribution in [0.3, 0.4) is 0 Å². The van der Waals surface area contributed by atoms with Gasteiger partial charge in [0.2, 0.25) is 0 Å². The van der Waals surface area contributed by atoms with E-state index in [9.17, 15) is 4.79 Å². The van der Waals surface area contributed by atoms with Gasteiger partial charge in [-0.1, -0.05) is 12.8 Å². The molecule has 2 aliphatic heterocycles. The fraction of sp³-hybridized carbons (Fsp3) is 0.650.